The van der Waals surface area contributed by atoms with Crippen LogP contribution in [-0.2, 0) is 14.8 Å². The highest BCUT2D eigenvalue weighted by Crippen LogP contribution is 2.21. The molecule has 21 heavy (non-hydrogen) atoms. The number of terminal acetylenes is 1. The molecular formula is C14H18N2O4S. The lowest BCUT2D eigenvalue weighted by Crippen LogP contribution is -2.34. The number of rotatable bonds is 6. The van der Waals surface area contributed by atoms with Crippen molar-refractivity contribution in [3.05, 3.63) is 23.8 Å². The molecule has 1 atom stereocenters. The van der Waals surface area contributed by atoms with E-state index in [0.29, 0.717) is 6.42 Å². The first-order valence-corrected chi connectivity index (χ1v) is 7.77. The van der Waals surface area contributed by atoms with Crippen LogP contribution in [0.5, 0.6) is 0 Å². The van der Waals surface area contributed by atoms with Crippen molar-refractivity contribution in [3.8, 4) is 12.3 Å². The normalized spacial score (nSPS) is 12.4. The van der Waals surface area contributed by atoms with Crippen LogP contribution < -0.4 is 10.5 Å². The van der Waals surface area contributed by atoms with Crippen molar-refractivity contribution < 1.29 is 17.9 Å². The molecule has 0 saturated carbocycles. The first kappa shape index (κ1) is 17.0. The Morgan fingerprint density at radius 1 is 1.52 bits per heavy atom. The molecule has 7 heteroatoms. The Bertz CT molecular complexity index is 662. The van der Waals surface area contributed by atoms with E-state index in [9.17, 15) is 13.2 Å². The molecule has 0 amide bonds. The molecule has 0 heterocycles. The minimum atomic E-state index is -3.80. The minimum absolute atomic E-state index is 0.0269. The van der Waals surface area contributed by atoms with Gasteiger partial charge in [-0.3, -0.25) is 0 Å². The molecular weight excluding hydrogens is 292 g/mol. The van der Waals surface area contributed by atoms with E-state index in [1.54, 1.807) is 0 Å². The van der Waals surface area contributed by atoms with Gasteiger partial charge in [0.1, 0.15) is 4.90 Å². The lowest BCUT2D eigenvalue weighted by molar-refractivity contribution is 0.0600. The largest absolute Gasteiger partial charge is 0.465 e. The maximum absolute atomic E-state index is 12.3. The summed E-state index contributed by atoms with van der Waals surface area (Å²) in [5.41, 5.74) is 5.88. The number of hydrogen-bond acceptors (Lipinski definition) is 5. The van der Waals surface area contributed by atoms with E-state index in [0.717, 1.165) is 0 Å². The third kappa shape index (κ3) is 4.21. The molecule has 3 N–H and O–H groups in total. The molecule has 0 radical (unpaired) electrons. The van der Waals surface area contributed by atoms with Crippen LogP contribution in [0.15, 0.2) is 23.1 Å². The average Bonchev–Trinajstić information content (AvgIpc) is 2.45. The molecule has 1 aromatic rings. The van der Waals surface area contributed by atoms with Crippen LogP contribution in [0.1, 0.15) is 30.1 Å². The Morgan fingerprint density at radius 2 is 2.19 bits per heavy atom. The van der Waals surface area contributed by atoms with Crippen molar-refractivity contribution in [2.45, 2.75) is 30.7 Å². The van der Waals surface area contributed by atoms with Crippen molar-refractivity contribution >= 4 is 21.7 Å². The maximum Gasteiger partial charge on any atom is 0.337 e. The van der Waals surface area contributed by atoms with Gasteiger partial charge >= 0.3 is 5.97 Å². The molecule has 0 saturated heterocycles. The highest BCUT2D eigenvalue weighted by Gasteiger charge is 2.22. The second-order valence-corrected chi connectivity index (χ2v) is 6.06. The predicted octanol–water partition coefficient (Wildman–Crippen LogP) is 1.14. The van der Waals surface area contributed by atoms with Crippen LogP contribution >= 0.6 is 0 Å². The highest BCUT2D eigenvalue weighted by atomic mass is 32.2. The van der Waals surface area contributed by atoms with Crippen LogP contribution in [0.2, 0.25) is 0 Å². The number of sulfonamides is 1. The number of anilines is 1. The number of benzene rings is 1. The Hall–Kier alpha value is -2.04. The number of methoxy groups -OCH3 is 1. The Labute approximate surface area is 124 Å². The lowest BCUT2D eigenvalue weighted by Gasteiger charge is -2.16. The summed E-state index contributed by atoms with van der Waals surface area (Å²) >= 11 is 0. The minimum Gasteiger partial charge on any atom is -0.465 e. The van der Waals surface area contributed by atoms with E-state index >= 15 is 0 Å². The Balaban J connectivity index is 3.09. The topological polar surface area (TPSA) is 98.5 Å². The second-order valence-electron chi connectivity index (χ2n) is 4.38. The van der Waals surface area contributed by atoms with Gasteiger partial charge in [0.25, 0.3) is 0 Å². The molecule has 0 aliphatic heterocycles. The molecule has 0 aromatic heterocycles. The molecule has 0 aliphatic carbocycles. The molecule has 0 bridgehead atoms. The van der Waals surface area contributed by atoms with E-state index in [1.165, 1.54) is 25.3 Å². The fraction of sp³-hybridized carbons (Fsp3) is 0.357. The summed E-state index contributed by atoms with van der Waals surface area (Å²) in [7, 11) is -2.56. The number of esters is 1. The van der Waals surface area contributed by atoms with Gasteiger partial charge in [0, 0.05) is 12.5 Å². The number of carbonyl (C=O) groups excluding carboxylic acids is 1. The van der Waals surface area contributed by atoms with Crippen molar-refractivity contribution in [1.29, 1.82) is 0 Å². The van der Waals surface area contributed by atoms with E-state index in [2.05, 4.69) is 15.4 Å². The number of nitrogen functional groups attached to an aromatic ring is 1. The van der Waals surface area contributed by atoms with Crippen LogP contribution in [0.25, 0.3) is 0 Å². The smallest absolute Gasteiger partial charge is 0.337 e. The lowest BCUT2D eigenvalue weighted by atomic mass is 10.2. The third-order valence-corrected chi connectivity index (χ3v) is 4.49. The molecule has 6 nitrogen and oxygen atoms in total. The monoisotopic (exact) mass is 310 g/mol. The van der Waals surface area contributed by atoms with Gasteiger partial charge in [-0.25, -0.2) is 17.9 Å². The maximum atomic E-state index is 12.3. The summed E-state index contributed by atoms with van der Waals surface area (Å²) in [6, 6.07) is 3.52. The van der Waals surface area contributed by atoms with E-state index in [4.69, 9.17) is 12.2 Å². The van der Waals surface area contributed by atoms with E-state index < -0.39 is 16.0 Å². The Morgan fingerprint density at radius 3 is 2.67 bits per heavy atom. The number of nitrogens with one attached hydrogen (secondary N) is 1. The van der Waals surface area contributed by atoms with Gasteiger partial charge in [-0.05, 0) is 24.6 Å². The van der Waals surface area contributed by atoms with E-state index in [-0.39, 0.29) is 28.6 Å². The van der Waals surface area contributed by atoms with Crippen LogP contribution in [0, 0.1) is 12.3 Å². The van der Waals surface area contributed by atoms with Crippen molar-refractivity contribution in [1.82, 2.24) is 4.72 Å². The van der Waals surface area contributed by atoms with Crippen molar-refractivity contribution in [2.24, 2.45) is 0 Å². The number of ether oxygens (including phenoxy) is 1. The molecule has 0 aliphatic rings. The van der Waals surface area contributed by atoms with Crippen molar-refractivity contribution in [2.75, 3.05) is 12.8 Å². The zero-order valence-corrected chi connectivity index (χ0v) is 12.7. The fourth-order valence-corrected chi connectivity index (χ4v) is 3.16. The van der Waals surface area contributed by atoms with Crippen LogP contribution in [-0.4, -0.2) is 27.5 Å². The van der Waals surface area contributed by atoms with Gasteiger partial charge < -0.3 is 10.5 Å². The standard InChI is InChI=1S/C14H18N2O4S/c1-4-6-11(5-2)16-21(18,19)13-8-7-10(9-12(13)15)14(17)20-3/h1,7-9,11,16H,5-6,15H2,2-3H3. The Kier molecular flexibility index (Phi) is 5.76. The third-order valence-electron chi connectivity index (χ3n) is 2.90. The number of carbonyl (C=O) groups is 1. The summed E-state index contributed by atoms with van der Waals surface area (Å²) in [5.74, 6) is 1.83. The molecule has 0 fully saturated rings. The van der Waals surface area contributed by atoms with Gasteiger partial charge in [-0.15, -0.1) is 12.3 Å². The van der Waals surface area contributed by atoms with Crippen molar-refractivity contribution in [3.63, 3.8) is 0 Å². The molecule has 0 spiro atoms. The number of nitrogens with two attached hydrogens (primary N) is 1. The molecule has 1 unspecified atom stereocenters. The first-order chi connectivity index (χ1) is 9.85. The quantitative estimate of drug-likeness (QED) is 0.466. The number of hydrogen-bond donors (Lipinski definition) is 2. The summed E-state index contributed by atoms with van der Waals surface area (Å²) in [5, 5.41) is 0. The molecule has 1 aromatic carbocycles. The zero-order chi connectivity index (χ0) is 16.0. The summed E-state index contributed by atoms with van der Waals surface area (Å²) in [4.78, 5) is 11.3. The fourth-order valence-electron chi connectivity index (χ4n) is 1.73. The predicted molar refractivity (Wildman–Crippen MR) is 80.0 cm³/mol. The second kappa shape index (κ2) is 7.11. The first-order valence-electron chi connectivity index (χ1n) is 6.29. The highest BCUT2D eigenvalue weighted by molar-refractivity contribution is 7.89. The summed E-state index contributed by atoms with van der Waals surface area (Å²) in [6.45, 7) is 1.83. The van der Waals surface area contributed by atoms with Gasteiger partial charge in [0.05, 0.1) is 18.4 Å². The average molecular weight is 310 g/mol. The van der Waals surface area contributed by atoms with Crippen LogP contribution in [0.3, 0.4) is 0 Å². The molecule has 114 valence electrons. The van der Waals surface area contributed by atoms with E-state index in [1.807, 2.05) is 6.92 Å². The summed E-state index contributed by atoms with van der Waals surface area (Å²) < 4.78 is 31.6. The van der Waals surface area contributed by atoms with Gasteiger partial charge in [-0.2, -0.15) is 0 Å². The van der Waals surface area contributed by atoms with Gasteiger partial charge in [0.2, 0.25) is 10.0 Å². The molecule has 1 rings (SSSR count). The van der Waals surface area contributed by atoms with Gasteiger partial charge in [-0.1, -0.05) is 6.92 Å². The van der Waals surface area contributed by atoms with Gasteiger partial charge in [0.15, 0.2) is 0 Å². The van der Waals surface area contributed by atoms with Crippen LogP contribution in [0.4, 0.5) is 5.69 Å². The SMILES string of the molecule is C#CCC(CC)NS(=O)(=O)c1ccc(C(=O)OC)cc1N. The summed E-state index contributed by atoms with van der Waals surface area (Å²) in [6.07, 6.45) is 6.05. The zero-order valence-electron chi connectivity index (χ0n) is 11.9.